The van der Waals surface area contributed by atoms with Gasteiger partial charge in [0.05, 0.1) is 4.47 Å². The zero-order chi connectivity index (χ0) is 18.2. The molecule has 3 aromatic rings. The highest BCUT2D eigenvalue weighted by molar-refractivity contribution is 9.10. The number of nitrogens with zero attached hydrogens (tertiary/aromatic N) is 4. The molecule has 1 aliphatic heterocycles. The van der Waals surface area contributed by atoms with E-state index in [0.717, 1.165) is 47.9 Å². The van der Waals surface area contributed by atoms with E-state index in [1.54, 1.807) is 0 Å². The lowest BCUT2D eigenvalue weighted by atomic mass is 9.89. The van der Waals surface area contributed by atoms with Gasteiger partial charge in [-0.1, -0.05) is 30.3 Å². The summed E-state index contributed by atoms with van der Waals surface area (Å²) in [4.78, 5) is 2.57. The van der Waals surface area contributed by atoms with E-state index in [1.807, 2.05) is 0 Å². The maximum atomic E-state index is 4.45. The van der Waals surface area contributed by atoms with E-state index in [-0.39, 0.29) is 0 Å². The molecule has 27 heavy (non-hydrogen) atoms. The monoisotopic (exact) mass is 424 g/mol. The number of hydrogen-bond acceptors (Lipinski definition) is 3. The van der Waals surface area contributed by atoms with Crippen molar-refractivity contribution in [3.8, 4) is 0 Å². The Morgan fingerprint density at radius 1 is 0.963 bits per heavy atom. The lowest BCUT2D eigenvalue weighted by molar-refractivity contribution is 0.204. The zero-order valence-electron chi connectivity index (χ0n) is 15.5. The standard InChI is InChI=1S/C22H25BrN4/c23-21-19(10-13-27-20(14-16-6-7-16)24-25-22(21)27)15-26-11-8-18(9-12-26)17-4-2-1-3-5-17/h1-5,10,13,16,18H,6-9,11-12,14-15H2. The molecule has 0 spiro atoms. The summed E-state index contributed by atoms with van der Waals surface area (Å²) >= 11 is 3.80. The third-order valence-electron chi connectivity index (χ3n) is 6.09. The predicted octanol–water partition coefficient (Wildman–Crippen LogP) is 4.82. The maximum absolute atomic E-state index is 4.45. The highest BCUT2D eigenvalue weighted by Gasteiger charge is 2.25. The molecule has 2 aliphatic rings. The molecule has 4 nitrogen and oxygen atoms in total. The fraction of sp³-hybridized carbons (Fsp3) is 0.455. The van der Waals surface area contributed by atoms with E-state index in [1.165, 1.54) is 36.8 Å². The second-order valence-electron chi connectivity index (χ2n) is 8.07. The van der Waals surface area contributed by atoms with Gasteiger partial charge < -0.3 is 0 Å². The molecule has 2 aromatic heterocycles. The molecular formula is C22H25BrN4. The van der Waals surface area contributed by atoms with Crippen LogP contribution in [0.1, 0.15) is 48.6 Å². The molecular weight excluding hydrogens is 400 g/mol. The van der Waals surface area contributed by atoms with E-state index in [9.17, 15) is 0 Å². The van der Waals surface area contributed by atoms with Crippen molar-refractivity contribution < 1.29 is 0 Å². The summed E-state index contributed by atoms with van der Waals surface area (Å²) in [5.41, 5.74) is 3.76. The molecule has 0 radical (unpaired) electrons. The quantitative estimate of drug-likeness (QED) is 0.588. The fourth-order valence-corrected chi connectivity index (χ4v) is 4.77. The van der Waals surface area contributed by atoms with Crippen LogP contribution in [0.15, 0.2) is 47.1 Å². The van der Waals surface area contributed by atoms with Crippen molar-refractivity contribution >= 4 is 21.6 Å². The van der Waals surface area contributed by atoms with Crippen LogP contribution in [0.25, 0.3) is 5.65 Å². The minimum Gasteiger partial charge on any atom is -0.299 e. The molecule has 140 valence electrons. The van der Waals surface area contributed by atoms with Gasteiger partial charge in [0.15, 0.2) is 5.65 Å². The first kappa shape index (κ1) is 17.4. The molecule has 3 heterocycles. The van der Waals surface area contributed by atoms with Crippen LogP contribution in [0.2, 0.25) is 0 Å². The van der Waals surface area contributed by atoms with Crippen molar-refractivity contribution in [3.63, 3.8) is 0 Å². The highest BCUT2D eigenvalue weighted by atomic mass is 79.9. The number of benzene rings is 1. The third-order valence-corrected chi connectivity index (χ3v) is 6.95. The van der Waals surface area contributed by atoms with Gasteiger partial charge in [-0.3, -0.25) is 9.30 Å². The summed E-state index contributed by atoms with van der Waals surface area (Å²) in [5.74, 6) is 2.63. The Morgan fingerprint density at radius 2 is 1.74 bits per heavy atom. The van der Waals surface area contributed by atoms with Gasteiger partial charge in [0.1, 0.15) is 5.82 Å². The average molecular weight is 425 g/mol. The molecule has 5 rings (SSSR count). The highest BCUT2D eigenvalue weighted by Crippen LogP contribution is 2.33. The summed E-state index contributed by atoms with van der Waals surface area (Å²) in [7, 11) is 0. The Balaban J connectivity index is 1.27. The number of aromatic nitrogens is 3. The molecule has 0 unspecified atom stereocenters. The Bertz CT molecular complexity index is 924. The first-order valence-electron chi connectivity index (χ1n) is 10.1. The molecule has 0 N–H and O–H groups in total. The summed E-state index contributed by atoms with van der Waals surface area (Å²) in [6.07, 6.45) is 8.37. The van der Waals surface area contributed by atoms with E-state index in [0.29, 0.717) is 5.92 Å². The smallest absolute Gasteiger partial charge is 0.175 e. The lowest BCUT2D eigenvalue weighted by Gasteiger charge is -2.32. The van der Waals surface area contributed by atoms with Gasteiger partial charge in [0.25, 0.3) is 0 Å². The van der Waals surface area contributed by atoms with E-state index < -0.39 is 0 Å². The minimum atomic E-state index is 0.704. The van der Waals surface area contributed by atoms with Crippen LogP contribution in [0.3, 0.4) is 0 Å². The van der Waals surface area contributed by atoms with Gasteiger partial charge >= 0.3 is 0 Å². The van der Waals surface area contributed by atoms with Crippen molar-refractivity contribution in [2.24, 2.45) is 5.92 Å². The lowest BCUT2D eigenvalue weighted by Crippen LogP contribution is -2.32. The predicted molar refractivity (Wildman–Crippen MR) is 111 cm³/mol. The first-order valence-corrected chi connectivity index (χ1v) is 10.9. The van der Waals surface area contributed by atoms with E-state index in [2.05, 4.69) is 78.0 Å². The largest absolute Gasteiger partial charge is 0.299 e. The maximum Gasteiger partial charge on any atom is 0.175 e. The SMILES string of the molecule is Brc1c(CN2CCC(c3ccccc3)CC2)ccn2c(CC3CC3)nnc12. The zero-order valence-corrected chi connectivity index (χ0v) is 17.1. The average Bonchev–Trinajstić information content (AvgIpc) is 3.44. The number of fused-ring (bicyclic) bond motifs is 1. The molecule has 0 amide bonds. The Hall–Kier alpha value is -1.72. The number of piperidine rings is 1. The van der Waals surface area contributed by atoms with Gasteiger partial charge in [0.2, 0.25) is 0 Å². The van der Waals surface area contributed by atoms with Crippen LogP contribution in [0.5, 0.6) is 0 Å². The number of halogens is 1. The van der Waals surface area contributed by atoms with E-state index >= 15 is 0 Å². The Kier molecular flexibility index (Phi) is 4.74. The van der Waals surface area contributed by atoms with Crippen LogP contribution in [-0.2, 0) is 13.0 Å². The van der Waals surface area contributed by atoms with Crippen molar-refractivity contribution in [1.29, 1.82) is 0 Å². The number of likely N-dealkylation sites (tertiary alicyclic amines) is 1. The molecule has 2 fully saturated rings. The Labute approximate surface area is 168 Å². The molecule has 1 aliphatic carbocycles. The van der Waals surface area contributed by atoms with Crippen molar-refractivity contribution in [2.45, 2.75) is 44.6 Å². The Morgan fingerprint density at radius 3 is 2.48 bits per heavy atom. The van der Waals surface area contributed by atoms with Gasteiger partial charge in [-0.05, 0) is 83.7 Å². The molecule has 0 bridgehead atoms. The summed E-state index contributed by atoms with van der Waals surface area (Å²) in [6, 6.07) is 13.2. The summed E-state index contributed by atoms with van der Waals surface area (Å²) in [6.45, 7) is 3.27. The topological polar surface area (TPSA) is 33.4 Å². The summed E-state index contributed by atoms with van der Waals surface area (Å²) in [5, 5.41) is 8.89. The van der Waals surface area contributed by atoms with E-state index in [4.69, 9.17) is 0 Å². The first-order chi connectivity index (χ1) is 13.3. The normalized spacial score (nSPS) is 19.0. The van der Waals surface area contributed by atoms with Crippen LogP contribution in [0, 0.1) is 5.92 Å². The second-order valence-corrected chi connectivity index (χ2v) is 8.87. The van der Waals surface area contributed by atoms with Crippen molar-refractivity contribution in [3.05, 3.63) is 64.0 Å². The van der Waals surface area contributed by atoms with Crippen LogP contribution in [0.4, 0.5) is 0 Å². The van der Waals surface area contributed by atoms with Crippen LogP contribution in [-0.4, -0.2) is 32.6 Å². The van der Waals surface area contributed by atoms with Crippen molar-refractivity contribution in [2.75, 3.05) is 13.1 Å². The minimum absolute atomic E-state index is 0.704. The third kappa shape index (κ3) is 3.67. The molecule has 0 atom stereocenters. The van der Waals surface area contributed by atoms with Crippen LogP contribution >= 0.6 is 15.9 Å². The molecule has 1 saturated heterocycles. The van der Waals surface area contributed by atoms with Gasteiger partial charge in [-0.25, -0.2) is 0 Å². The van der Waals surface area contributed by atoms with Gasteiger partial charge in [-0.2, -0.15) is 0 Å². The fourth-order valence-electron chi connectivity index (χ4n) is 4.24. The van der Waals surface area contributed by atoms with Gasteiger partial charge in [-0.15, -0.1) is 10.2 Å². The molecule has 1 saturated carbocycles. The summed E-state index contributed by atoms with van der Waals surface area (Å²) < 4.78 is 3.26. The van der Waals surface area contributed by atoms with Gasteiger partial charge in [0, 0.05) is 19.2 Å². The van der Waals surface area contributed by atoms with Crippen LogP contribution < -0.4 is 0 Å². The number of hydrogen-bond donors (Lipinski definition) is 0. The second kappa shape index (κ2) is 7.36. The number of pyridine rings is 1. The van der Waals surface area contributed by atoms with Crippen molar-refractivity contribution in [1.82, 2.24) is 19.5 Å². The molecule has 5 heteroatoms. The number of rotatable bonds is 5. The molecule has 1 aromatic carbocycles.